The minimum Gasteiger partial charge on any atom is -0.423 e. The summed E-state index contributed by atoms with van der Waals surface area (Å²) in [5, 5.41) is 0.630. The fraction of sp³-hybridized carbons (Fsp3) is 0.300. The number of carbonyl (C=O) groups is 1. The number of aromatic nitrogens is 1. The smallest absolute Gasteiger partial charge is 0.298 e. The second-order valence-corrected chi connectivity index (χ2v) is 7.27. The maximum Gasteiger partial charge on any atom is 0.298 e. The predicted molar refractivity (Wildman–Crippen MR) is 107 cm³/mol. The summed E-state index contributed by atoms with van der Waals surface area (Å²) in [4.78, 5) is 21.4. The number of nitrogens with zero attached hydrogens (tertiary/aromatic N) is 3. The van der Waals surface area contributed by atoms with Gasteiger partial charge in [0.1, 0.15) is 5.52 Å². The summed E-state index contributed by atoms with van der Waals surface area (Å²) < 4.78 is 5.87. The van der Waals surface area contributed by atoms with Crippen LogP contribution in [0.2, 0.25) is 5.02 Å². The van der Waals surface area contributed by atoms with Gasteiger partial charge in [0.05, 0.1) is 5.56 Å². The molecule has 1 aliphatic rings. The summed E-state index contributed by atoms with van der Waals surface area (Å²) in [7, 11) is 0. The van der Waals surface area contributed by atoms with E-state index >= 15 is 0 Å². The van der Waals surface area contributed by atoms with Gasteiger partial charge in [-0.15, -0.1) is 0 Å². The number of hydrogen-bond acceptors (Lipinski definition) is 5. The van der Waals surface area contributed by atoms with Crippen molar-refractivity contribution in [3.63, 3.8) is 0 Å². The topological polar surface area (TPSA) is 75.6 Å². The van der Waals surface area contributed by atoms with Crippen LogP contribution < -0.4 is 10.6 Å². The maximum absolute atomic E-state index is 12.9. The normalized spacial score (nSPS) is 15.2. The first kappa shape index (κ1) is 17.7. The quantitative estimate of drug-likeness (QED) is 0.681. The molecule has 140 valence electrons. The number of oxazole rings is 1. The largest absolute Gasteiger partial charge is 0.423 e. The van der Waals surface area contributed by atoms with Crippen LogP contribution in [0.15, 0.2) is 40.8 Å². The maximum atomic E-state index is 12.9. The van der Waals surface area contributed by atoms with Crippen LogP contribution in [-0.4, -0.2) is 42.0 Å². The van der Waals surface area contributed by atoms with Gasteiger partial charge in [0, 0.05) is 36.9 Å². The highest BCUT2D eigenvalue weighted by atomic mass is 35.5. The number of nitrogens with two attached hydrogens (primary N) is 1. The van der Waals surface area contributed by atoms with E-state index < -0.39 is 0 Å². The average molecular weight is 385 g/mol. The Balaban J connectivity index is 1.51. The summed E-state index contributed by atoms with van der Waals surface area (Å²) in [6.45, 7) is 4.64. The van der Waals surface area contributed by atoms with Crippen molar-refractivity contribution in [1.29, 1.82) is 0 Å². The minimum absolute atomic E-state index is 0.0256. The van der Waals surface area contributed by atoms with E-state index in [4.69, 9.17) is 21.8 Å². The van der Waals surface area contributed by atoms with E-state index in [2.05, 4.69) is 9.88 Å². The molecule has 7 heteroatoms. The molecule has 0 radical (unpaired) electrons. The number of halogens is 1. The van der Waals surface area contributed by atoms with Gasteiger partial charge in [0.15, 0.2) is 5.58 Å². The Hall–Kier alpha value is -2.73. The van der Waals surface area contributed by atoms with Crippen molar-refractivity contribution >= 4 is 40.3 Å². The summed E-state index contributed by atoms with van der Waals surface area (Å²) in [6, 6.07) is 11.5. The Bertz CT molecular complexity index is 1000. The lowest BCUT2D eigenvalue weighted by Gasteiger charge is -2.22. The Morgan fingerprint density at radius 3 is 2.85 bits per heavy atom. The van der Waals surface area contributed by atoms with Crippen LogP contribution in [0.25, 0.3) is 11.1 Å². The third-order valence-corrected chi connectivity index (χ3v) is 5.07. The Morgan fingerprint density at radius 2 is 2.00 bits per heavy atom. The van der Waals surface area contributed by atoms with Gasteiger partial charge in [-0.3, -0.25) is 4.79 Å². The molecule has 0 aliphatic carbocycles. The van der Waals surface area contributed by atoms with Crippen LogP contribution in [-0.2, 0) is 0 Å². The molecule has 0 saturated carbocycles. The highest BCUT2D eigenvalue weighted by molar-refractivity contribution is 6.31. The zero-order chi connectivity index (χ0) is 19.0. The van der Waals surface area contributed by atoms with Crippen molar-refractivity contribution in [2.75, 3.05) is 36.8 Å². The lowest BCUT2D eigenvalue weighted by Crippen LogP contribution is -2.35. The molecule has 1 saturated heterocycles. The number of amides is 1. The van der Waals surface area contributed by atoms with Crippen LogP contribution in [0.3, 0.4) is 0 Å². The van der Waals surface area contributed by atoms with Gasteiger partial charge >= 0.3 is 0 Å². The number of carbonyl (C=O) groups excluding carboxylic acids is 1. The molecule has 1 aliphatic heterocycles. The first-order valence-corrected chi connectivity index (χ1v) is 9.35. The van der Waals surface area contributed by atoms with Gasteiger partial charge in [0.2, 0.25) is 0 Å². The number of nitrogen functional groups attached to an aromatic ring is 1. The van der Waals surface area contributed by atoms with E-state index in [0.29, 0.717) is 47.5 Å². The molecule has 1 fully saturated rings. The summed E-state index contributed by atoms with van der Waals surface area (Å²) in [6.07, 6.45) is 0.830. The number of hydrogen-bond donors (Lipinski definition) is 1. The number of benzene rings is 2. The molecular formula is C20H21ClN4O2. The third kappa shape index (κ3) is 3.57. The fourth-order valence-corrected chi connectivity index (χ4v) is 3.53. The van der Waals surface area contributed by atoms with Crippen LogP contribution in [0.5, 0.6) is 0 Å². The highest BCUT2D eigenvalue weighted by Gasteiger charge is 2.24. The Morgan fingerprint density at radius 1 is 1.15 bits per heavy atom. The predicted octanol–water partition coefficient (Wildman–Crippen LogP) is 3.72. The lowest BCUT2D eigenvalue weighted by atomic mass is 10.1. The van der Waals surface area contributed by atoms with E-state index in [1.807, 2.05) is 30.0 Å². The van der Waals surface area contributed by atoms with E-state index in [1.54, 1.807) is 18.2 Å². The minimum atomic E-state index is -0.0256. The summed E-state index contributed by atoms with van der Waals surface area (Å²) in [5.74, 6) is -0.0256. The van der Waals surface area contributed by atoms with E-state index in [0.717, 1.165) is 24.0 Å². The number of aryl methyl sites for hydroxylation is 1. The van der Waals surface area contributed by atoms with Gasteiger partial charge < -0.3 is 20.0 Å². The second-order valence-electron chi connectivity index (χ2n) is 6.83. The average Bonchev–Trinajstić information content (AvgIpc) is 2.91. The molecule has 6 nitrogen and oxygen atoms in total. The number of fused-ring (bicyclic) bond motifs is 1. The van der Waals surface area contributed by atoms with Crippen LogP contribution in [0.4, 0.5) is 11.7 Å². The molecule has 0 spiro atoms. The first-order chi connectivity index (χ1) is 13.0. The lowest BCUT2D eigenvalue weighted by molar-refractivity contribution is 0.0768. The molecule has 0 unspecified atom stereocenters. The van der Waals surface area contributed by atoms with Gasteiger partial charge in [-0.2, -0.15) is 4.98 Å². The molecule has 0 atom stereocenters. The molecule has 0 bridgehead atoms. The molecule has 3 aromatic rings. The molecule has 2 heterocycles. The van der Waals surface area contributed by atoms with Crippen molar-refractivity contribution in [3.05, 3.63) is 52.5 Å². The van der Waals surface area contributed by atoms with Gasteiger partial charge in [0.25, 0.3) is 11.9 Å². The van der Waals surface area contributed by atoms with Crippen molar-refractivity contribution in [1.82, 2.24) is 9.88 Å². The standard InChI is InChI=1S/C20H21ClN4O2/c1-13-3-5-16(22)15(11-13)19(26)24-7-2-8-25(10-9-24)20-23-17-12-14(21)4-6-18(17)27-20/h3-6,11-12H,2,7-10,22H2,1H3. The van der Waals surface area contributed by atoms with Crippen molar-refractivity contribution in [2.24, 2.45) is 0 Å². The third-order valence-electron chi connectivity index (χ3n) is 4.83. The van der Waals surface area contributed by atoms with Crippen LogP contribution in [0, 0.1) is 6.92 Å². The molecule has 2 N–H and O–H groups in total. The Labute approximate surface area is 162 Å². The second kappa shape index (κ2) is 7.12. The molecule has 27 heavy (non-hydrogen) atoms. The van der Waals surface area contributed by atoms with Gasteiger partial charge in [-0.1, -0.05) is 23.2 Å². The van der Waals surface area contributed by atoms with E-state index in [1.165, 1.54) is 0 Å². The van der Waals surface area contributed by atoms with Crippen LogP contribution >= 0.6 is 11.6 Å². The fourth-order valence-electron chi connectivity index (χ4n) is 3.36. The van der Waals surface area contributed by atoms with Gasteiger partial charge in [-0.05, 0) is 43.7 Å². The zero-order valence-corrected chi connectivity index (χ0v) is 15.9. The number of rotatable bonds is 2. The van der Waals surface area contributed by atoms with Crippen molar-refractivity contribution in [2.45, 2.75) is 13.3 Å². The molecule has 1 aromatic heterocycles. The van der Waals surface area contributed by atoms with Crippen molar-refractivity contribution < 1.29 is 9.21 Å². The zero-order valence-electron chi connectivity index (χ0n) is 15.1. The highest BCUT2D eigenvalue weighted by Crippen LogP contribution is 2.25. The summed E-state index contributed by atoms with van der Waals surface area (Å²) in [5.41, 5.74) is 9.57. The number of anilines is 2. The first-order valence-electron chi connectivity index (χ1n) is 8.98. The Kier molecular flexibility index (Phi) is 4.66. The van der Waals surface area contributed by atoms with Crippen molar-refractivity contribution in [3.8, 4) is 0 Å². The molecule has 4 rings (SSSR count). The molecule has 2 aromatic carbocycles. The van der Waals surface area contributed by atoms with Crippen LogP contribution in [0.1, 0.15) is 22.3 Å². The SMILES string of the molecule is Cc1ccc(N)c(C(=O)N2CCCN(c3nc4cc(Cl)ccc4o3)CC2)c1. The summed E-state index contributed by atoms with van der Waals surface area (Å²) >= 11 is 6.03. The van der Waals surface area contributed by atoms with Gasteiger partial charge in [-0.25, -0.2) is 0 Å². The molecular weight excluding hydrogens is 364 g/mol. The molecule has 1 amide bonds. The van der Waals surface area contributed by atoms with E-state index in [9.17, 15) is 4.79 Å². The monoisotopic (exact) mass is 384 g/mol. The van der Waals surface area contributed by atoms with E-state index in [-0.39, 0.29) is 5.91 Å².